The Morgan fingerprint density at radius 1 is 1.00 bits per heavy atom. The Hall–Kier alpha value is -4.44. The number of likely N-dealkylation sites (tertiary alicyclic amines) is 1. The molecule has 1 aromatic carbocycles. The number of guanidine groups is 1. The van der Waals surface area contributed by atoms with Crippen LogP contribution in [0.5, 0.6) is 5.75 Å². The van der Waals surface area contributed by atoms with Crippen LogP contribution in [0.3, 0.4) is 0 Å². The molecular formula is C30H48N8O8. The first-order valence-corrected chi connectivity index (χ1v) is 15.3. The van der Waals surface area contributed by atoms with E-state index in [1.54, 1.807) is 12.1 Å². The molecule has 0 unspecified atom stereocenters. The van der Waals surface area contributed by atoms with Gasteiger partial charge in [0.05, 0.1) is 12.1 Å². The van der Waals surface area contributed by atoms with Crippen molar-refractivity contribution in [2.24, 2.45) is 28.1 Å². The van der Waals surface area contributed by atoms with Gasteiger partial charge in [-0.1, -0.05) is 26.0 Å². The van der Waals surface area contributed by atoms with E-state index in [1.165, 1.54) is 24.0 Å². The first kappa shape index (κ1) is 37.7. The highest BCUT2D eigenvalue weighted by Crippen LogP contribution is 2.21. The minimum Gasteiger partial charge on any atom is -0.508 e. The molecule has 16 nitrogen and oxygen atoms in total. The summed E-state index contributed by atoms with van der Waals surface area (Å²) in [4.78, 5) is 70.3. The number of nitrogens with zero attached hydrogens (tertiary/aromatic N) is 2. The number of phenolic OH excluding ortho intramolecular Hbond substituents is 1. The SMILES string of the molecule is CC(C)C[C@H](NC(=O)[C@H](Cc1ccc(O)cc1)NC(=O)[C@H](N)CCCN=C(N)N)C(=O)N1CCC[C@H]1C(=O)N[C@H](C(=O)O)[C@@H](C)O. The summed E-state index contributed by atoms with van der Waals surface area (Å²) in [5, 5.41) is 36.6. The van der Waals surface area contributed by atoms with Crippen molar-refractivity contribution in [2.75, 3.05) is 13.1 Å². The molecule has 0 saturated carbocycles. The summed E-state index contributed by atoms with van der Waals surface area (Å²) in [5.41, 5.74) is 17.3. The normalized spacial score (nSPS) is 17.7. The van der Waals surface area contributed by atoms with Gasteiger partial charge in [-0.3, -0.25) is 24.2 Å². The monoisotopic (exact) mass is 648 g/mol. The number of nitrogens with one attached hydrogen (secondary N) is 3. The van der Waals surface area contributed by atoms with E-state index in [2.05, 4.69) is 20.9 Å². The zero-order valence-electron chi connectivity index (χ0n) is 26.5. The van der Waals surface area contributed by atoms with Crippen LogP contribution >= 0.6 is 0 Å². The van der Waals surface area contributed by atoms with Crippen LogP contribution in [-0.4, -0.2) is 105 Å². The smallest absolute Gasteiger partial charge is 0.328 e. The second-order valence-electron chi connectivity index (χ2n) is 11.9. The number of aromatic hydroxyl groups is 1. The molecule has 6 atom stereocenters. The first-order valence-electron chi connectivity index (χ1n) is 15.3. The van der Waals surface area contributed by atoms with Gasteiger partial charge in [0.2, 0.25) is 23.6 Å². The minimum atomic E-state index is -1.56. The number of amides is 4. The maximum absolute atomic E-state index is 13.8. The average Bonchev–Trinajstić information content (AvgIpc) is 3.47. The number of carbonyl (C=O) groups excluding carboxylic acids is 4. The Kier molecular flexibility index (Phi) is 14.7. The summed E-state index contributed by atoms with van der Waals surface area (Å²) in [6.07, 6.45) is 0.261. The second-order valence-corrected chi connectivity index (χ2v) is 11.9. The summed E-state index contributed by atoms with van der Waals surface area (Å²) >= 11 is 0. The quantitative estimate of drug-likeness (QED) is 0.0520. The molecule has 4 amide bonds. The number of nitrogens with two attached hydrogens (primary N) is 3. The molecule has 1 aliphatic rings. The maximum Gasteiger partial charge on any atom is 0.328 e. The van der Waals surface area contributed by atoms with E-state index in [1.807, 2.05) is 13.8 Å². The second kappa shape index (κ2) is 17.9. The number of carboxylic acid groups (broad SMARTS) is 1. The lowest BCUT2D eigenvalue weighted by Crippen LogP contribution is -2.59. The number of aliphatic imine (C=N–C) groups is 1. The molecule has 2 rings (SSSR count). The van der Waals surface area contributed by atoms with Crippen LogP contribution in [-0.2, 0) is 30.4 Å². The molecule has 256 valence electrons. The number of carbonyl (C=O) groups is 5. The maximum atomic E-state index is 13.8. The highest BCUT2D eigenvalue weighted by molar-refractivity contribution is 5.96. The summed E-state index contributed by atoms with van der Waals surface area (Å²) in [6.45, 7) is 5.43. The van der Waals surface area contributed by atoms with Gasteiger partial charge in [-0.2, -0.15) is 0 Å². The van der Waals surface area contributed by atoms with Crippen LogP contribution in [0.15, 0.2) is 29.3 Å². The molecule has 0 aromatic heterocycles. The van der Waals surface area contributed by atoms with Crippen LogP contribution in [0.4, 0.5) is 0 Å². The summed E-state index contributed by atoms with van der Waals surface area (Å²) < 4.78 is 0. The Bertz CT molecular complexity index is 1240. The van der Waals surface area contributed by atoms with E-state index in [4.69, 9.17) is 17.2 Å². The lowest BCUT2D eigenvalue weighted by Gasteiger charge is -2.31. The molecule has 16 heteroatoms. The van der Waals surface area contributed by atoms with Gasteiger partial charge in [0.1, 0.15) is 23.9 Å². The lowest BCUT2D eigenvalue weighted by atomic mass is 10.00. The fourth-order valence-corrected chi connectivity index (χ4v) is 5.11. The zero-order valence-corrected chi connectivity index (χ0v) is 26.5. The average molecular weight is 649 g/mol. The number of aliphatic carboxylic acids is 1. The largest absolute Gasteiger partial charge is 0.508 e. The number of aliphatic hydroxyl groups excluding tert-OH is 1. The Morgan fingerprint density at radius 3 is 2.20 bits per heavy atom. The molecule has 1 aromatic rings. The predicted molar refractivity (Wildman–Crippen MR) is 169 cm³/mol. The highest BCUT2D eigenvalue weighted by Gasteiger charge is 2.40. The number of hydrogen-bond donors (Lipinski definition) is 9. The van der Waals surface area contributed by atoms with Crippen LogP contribution in [0.2, 0.25) is 0 Å². The first-order chi connectivity index (χ1) is 21.6. The Labute approximate surface area is 268 Å². The fourth-order valence-electron chi connectivity index (χ4n) is 5.11. The van der Waals surface area contributed by atoms with Crippen LogP contribution in [0.1, 0.15) is 58.4 Å². The predicted octanol–water partition coefficient (Wildman–Crippen LogP) is -1.73. The molecule has 0 bridgehead atoms. The van der Waals surface area contributed by atoms with Gasteiger partial charge in [0.25, 0.3) is 0 Å². The van der Waals surface area contributed by atoms with E-state index in [0.717, 1.165) is 0 Å². The van der Waals surface area contributed by atoms with Crippen molar-refractivity contribution in [3.05, 3.63) is 29.8 Å². The molecule has 1 fully saturated rings. The molecule has 1 saturated heterocycles. The van der Waals surface area contributed by atoms with Gasteiger partial charge in [-0.25, -0.2) is 4.79 Å². The molecule has 46 heavy (non-hydrogen) atoms. The topological polar surface area (TPSA) is 276 Å². The number of carboxylic acids is 1. The standard InChI is InChI=1S/C30H48N8O8/c1-16(2)14-22(28(44)38-13-5-7-23(38)27(43)37-24(17(3)39)29(45)46)36-26(42)21(15-18-8-10-19(40)11-9-18)35-25(41)20(31)6-4-12-34-30(32)33/h8-11,16-17,20-24,39-40H,4-7,12-15,31H2,1-3H3,(H,35,41)(H,36,42)(H,37,43)(H,45,46)(H4,32,33,34)/t17-,20-,21+,22+,23+,24+/m1/s1. The van der Waals surface area contributed by atoms with Gasteiger partial charge in [0.15, 0.2) is 12.0 Å². The van der Waals surface area contributed by atoms with Crippen molar-refractivity contribution in [3.63, 3.8) is 0 Å². The Morgan fingerprint density at radius 2 is 1.63 bits per heavy atom. The van der Waals surface area contributed by atoms with E-state index in [-0.39, 0.29) is 56.4 Å². The highest BCUT2D eigenvalue weighted by atomic mass is 16.4. The third-order valence-corrected chi connectivity index (χ3v) is 7.52. The van der Waals surface area contributed by atoms with Crippen molar-refractivity contribution in [2.45, 2.75) is 95.6 Å². The van der Waals surface area contributed by atoms with Crippen LogP contribution in [0.25, 0.3) is 0 Å². The summed E-state index contributed by atoms with van der Waals surface area (Å²) in [6, 6.07) is 0.330. The number of phenols is 1. The van der Waals surface area contributed by atoms with Gasteiger partial charge in [-0.05, 0) is 62.6 Å². The third kappa shape index (κ3) is 11.8. The number of benzene rings is 1. The third-order valence-electron chi connectivity index (χ3n) is 7.52. The molecule has 1 heterocycles. The molecule has 0 aliphatic carbocycles. The van der Waals surface area contributed by atoms with Crippen molar-refractivity contribution in [1.82, 2.24) is 20.9 Å². The Balaban J connectivity index is 2.25. The number of aliphatic hydroxyl groups is 1. The van der Waals surface area contributed by atoms with Gasteiger partial charge >= 0.3 is 5.97 Å². The van der Waals surface area contributed by atoms with E-state index in [0.29, 0.717) is 18.4 Å². The molecular weight excluding hydrogens is 600 g/mol. The van der Waals surface area contributed by atoms with E-state index < -0.39 is 65.9 Å². The molecule has 12 N–H and O–H groups in total. The van der Waals surface area contributed by atoms with Crippen molar-refractivity contribution in [1.29, 1.82) is 0 Å². The summed E-state index contributed by atoms with van der Waals surface area (Å²) in [5.74, 6) is -4.05. The van der Waals surface area contributed by atoms with Crippen LogP contribution < -0.4 is 33.2 Å². The van der Waals surface area contributed by atoms with Gasteiger partial charge in [0, 0.05) is 19.5 Å². The minimum absolute atomic E-state index is 0.0197. The molecule has 1 aliphatic heterocycles. The fraction of sp³-hybridized carbons (Fsp3) is 0.600. The number of rotatable bonds is 17. The van der Waals surface area contributed by atoms with Gasteiger partial charge < -0.3 is 53.4 Å². The molecule has 0 spiro atoms. The van der Waals surface area contributed by atoms with E-state index in [9.17, 15) is 39.3 Å². The van der Waals surface area contributed by atoms with Gasteiger partial charge in [-0.15, -0.1) is 0 Å². The van der Waals surface area contributed by atoms with Crippen molar-refractivity contribution < 1.29 is 39.3 Å². The van der Waals surface area contributed by atoms with E-state index >= 15 is 0 Å². The van der Waals surface area contributed by atoms with Crippen molar-refractivity contribution >= 4 is 35.6 Å². The zero-order chi connectivity index (χ0) is 34.6. The van der Waals surface area contributed by atoms with Crippen LogP contribution in [0, 0.1) is 5.92 Å². The lowest BCUT2D eigenvalue weighted by molar-refractivity contribution is -0.147. The molecule has 0 radical (unpaired) electrons. The van der Waals surface area contributed by atoms with Crippen molar-refractivity contribution in [3.8, 4) is 5.75 Å². The number of hydrogen-bond acceptors (Lipinski definition) is 9. The summed E-state index contributed by atoms with van der Waals surface area (Å²) in [7, 11) is 0.